The second-order valence-electron chi connectivity index (χ2n) is 11.0. The molecule has 0 spiro atoms. The predicted octanol–water partition coefficient (Wildman–Crippen LogP) is 3.93. The van der Waals surface area contributed by atoms with Crippen molar-refractivity contribution in [3.05, 3.63) is 59.7 Å². The zero-order valence-corrected chi connectivity index (χ0v) is 22.4. The molecule has 1 saturated carbocycles. The molecule has 0 heterocycles. The molecule has 0 aromatic heterocycles. The Kier molecular flexibility index (Phi) is 8.42. The predicted molar refractivity (Wildman–Crippen MR) is 143 cm³/mol. The summed E-state index contributed by atoms with van der Waals surface area (Å²) in [5.74, 6) is -1.72. The fourth-order valence-corrected chi connectivity index (χ4v) is 4.94. The van der Waals surface area contributed by atoms with E-state index in [0.717, 1.165) is 22.3 Å². The number of alkyl carbamates (subject to hydrolysis) is 2. The molecule has 0 aliphatic heterocycles. The number of aliphatic carboxylic acids is 1. The van der Waals surface area contributed by atoms with Crippen molar-refractivity contribution in [2.45, 2.75) is 76.1 Å². The molecule has 1 atom stereocenters. The molecule has 208 valence electrons. The van der Waals surface area contributed by atoms with Crippen LogP contribution in [-0.2, 0) is 19.1 Å². The molecule has 1 unspecified atom stereocenters. The average Bonchev–Trinajstić information content (AvgIpc) is 3.16. The second kappa shape index (κ2) is 11.8. The van der Waals surface area contributed by atoms with Crippen LogP contribution in [0.5, 0.6) is 0 Å². The lowest BCUT2D eigenvalue weighted by molar-refractivity contribution is -0.139. The number of carbonyl (C=O) groups excluding carboxylic acids is 3. The van der Waals surface area contributed by atoms with E-state index < -0.39 is 29.8 Å². The highest BCUT2D eigenvalue weighted by atomic mass is 16.6. The summed E-state index contributed by atoms with van der Waals surface area (Å²) in [5, 5.41) is 17.5. The van der Waals surface area contributed by atoms with Gasteiger partial charge in [0, 0.05) is 24.4 Å². The van der Waals surface area contributed by atoms with Gasteiger partial charge >= 0.3 is 18.2 Å². The largest absolute Gasteiger partial charge is 0.480 e. The SMILES string of the molecule is CC(C)(C)OC(=O)NC1CC(NC(=O)CCC(NC(=O)OCC2c3ccccc3-c3ccccc32)C(=O)O)C1. The summed E-state index contributed by atoms with van der Waals surface area (Å²) in [5.41, 5.74) is 3.70. The Morgan fingerprint density at radius 3 is 2.03 bits per heavy atom. The summed E-state index contributed by atoms with van der Waals surface area (Å²) in [6.45, 7) is 5.41. The number of carbonyl (C=O) groups is 4. The lowest BCUT2D eigenvalue weighted by Gasteiger charge is -2.36. The normalized spacial score (nSPS) is 18.5. The maximum Gasteiger partial charge on any atom is 0.407 e. The Balaban J connectivity index is 1.20. The highest BCUT2D eigenvalue weighted by Crippen LogP contribution is 2.44. The van der Waals surface area contributed by atoms with Gasteiger partial charge < -0.3 is 30.5 Å². The van der Waals surface area contributed by atoms with Crippen LogP contribution in [0.2, 0.25) is 0 Å². The number of nitrogens with one attached hydrogen (secondary N) is 3. The quantitative estimate of drug-likeness (QED) is 0.380. The molecule has 10 heteroatoms. The van der Waals surface area contributed by atoms with E-state index in [1.54, 1.807) is 20.8 Å². The number of rotatable bonds is 9. The number of fused-ring (bicyclic) bond motifs is 3. The summed E-state index contributed by atoms with van der Waals surface area (Å²) in [6, 6.07) is 14.4. The van der Waals surface area contributed by atoms with Crippen molar-refractivity contribution in [3.8, 4) is 11.1 Å². The van der Waals surface area contributed by atoms with Crippen molar-refractivity contribution in [2.24, 2.45) is 0 Å². The van der Waals surface area contributed by atoms with Gasteiger partial charge in [-0.25, -0.2) is 14.4 Å². The first-order valence-electron chi connectivity index (χ1n) is 13.1. The molecule has 3 amide bonds. The van der Waals surface area contributed by atoms with E-state index in [1.807, 2.05) is 48.5 Å². The van der Waals surface area contributed by atoms with E-state index in [9.17, 15) is 24.3 Å². The van der Waals surface area contributed by atoms with E-state index >= 15 is 0 Å². The topological polar surface area (TPSA) is 143 Å². The third-order valence-corrected chi connectivity index (χ3v) is 6.82. The van der Waals surface area contributed by atoms with Crippen molar-refractivity contribution in [3.63, 3.8) is 0 Å². The molecule has 2 aromatic carbocycles. The van der Waals surface area contributed by atoms with Crippen molar-refractivity contribution in [2.75, 3.05) is 6.61 Å². The second-order valence-corrected chi connectivity index (χ2v) is 11.0. The van der Waals surface area contributed by atoms with Gasteiger partial charge in [0.05, 0.1) is 0 Å². The fourth-order valence-electron chi connectivity index (χ4n) is 4.94. The third-order valence-electron chi connectivity index (χ3n) is 6.82. The first-order chi connectivity index (χ1) is 18.5. The molecule has 4 rings (SSSR count). The number of hydrogen-bond donors (Lipinski definition) is 4. The van der Waals surface area contributed by atoms with Crippen LogP contribution in [0.3, 0.4) is 0 Å². The van der Waals surface area contributed by atoms with Crippen molar-refractivity contribution in [1.29, 1.82) is 0 Å². The molecule has 1 fully saturated rings. The monoisotopic (exact) mass is 537 g/mol. The Hall–Kier alpha value is -4.08. The number of amides is 3. The number of carboxylic acids is 1. The van der Waals surface area contributed by atoms with E-state index in [4.69, 9.17) is 9.47 Å². The van der Waals surface area contributed by atoms with Gasteiger partial charge in [-0.3, -0.25) is 4.79 Å². The first-order valence-corrected chi connectivity index (χ1v) is 13.1. The standard InChI is InChI=1S/C29H35N3O7/c1-29(2,3)39-28(37)31-18-14-17(15-18)30-25(33)13-12-24(26(34)35)32-27(36)38-16-23-21-10-6-4-8-19(21)20-9-5-7-11-22(20)23/h4-11,17-18,23-24H,12-16H2,1-3H3,(H,30,33)(H,31,37)(H,32,36)(H,34,35). The van der Waals surface area contributed by atoms with Gasteiger partial charge in [-0.2, -0.15) is 0 Å². The zero-order chi connectivity index (χ0) is 28.2. The number of hydrogen-bond acceptors (Lipinski definition) is 6. The summed E-state index contributed by atoms with van der Waals surface area (Å²) in [7, 11) is 0. The lowest BCUT2D eigenvalue weighted by Crippen LogP contribution is -2.54. The van der Waals surface area contributed by atoms with Crippen LogP contribution in [0.25, 0.3) is 11.1 Å². The Morgan fingerprint density at radius 2 is 1.46 bits per heavy atom. The minimum absolute atomic E-state index is 0.0624. The number of ether oxygens (including phenoxy) is 2. The fraction of sp³-hybridized carbons (Fsp3) is 0.448. The Labute approximate surface area is 227 Å². The van der Waals surface area contributed by atoms with E-state index in [-0.39, 0.29) is 43.4 Å². The molecule has 10 nitrogen and oxygen atoms in total. The Morgan fingerprint density at radius 1 is 0.897 bits per heavy atom. The maximum absolute atomic E-state index is 12.5. The molecule has 0 bridgehead atoms. The summed E-state index contributed by atoms with van der Waals surface area (Å²) >= 11 is 0. The minimum Gasteiger partial charge on any atom is -0.480 e. The molecule has 2 aliphatic rings. The van der Waals surface area contributed by atoms with Crippen LogP contribution in [0.1, 0.15) is 63.5 Å². The molecular weight excluding hydrogens is 502 g/mol. The van der Waals surface area contributed by atoms with Crippen LogP contribution in [0.15, 0.2) is 48.5 Å². The molecule has 2 aromatic rings. The lowest BCUT2D eigenvalue weighted by atomic mass is 9.86. The number of benzene rings is 2. The third kappa shape index (κ3) is 7.28. The smallest absolute Gasteiger partial charge is 0.407 e. The molecule has 4 N–H and O–H groups in total. The highest BCUT2D eigenvalue weighted by molar-refractivity contribution is 5.82. The van der Waals surface area contributed by atoms with E-state index in [1.165, 1.54) is 0 Å². The minimum atomic E-state index is -1.27. The van der Waals surface area contributed by atoms with Crippen molar-refractivity contribution >= 4 is 24.1 Å². The van der Waals surface area contributed by atoms with Gasteiger partial charge in [0.2, 0.25) is 5.91 Å². The molecule has 39 heavy (non-hydrogen) atoms. The van der Waals surface area contributed by atoms with Crippen LogP contribution in [-0.4, -0.2) is 59.5 Å². The number of carboxylic acid groups (broad SMARTS) is 1. The van der Waals surface area contributed by atoms with Crippen LogP contribution >= 0.6 is 0 Å². The van der Waals surface area contributed by atoms with Gasteiger partial charge in [0.25, 0.3) is 0 Å². The van der Waals surface area contributed by atoms with Crippen molar-refractivity contribution < 1.29 is 33.8 Å². The molecule has 0 saturated heterocycles. The summed E-state index contributed by atoms with van der Waals surface area (Å²) in [4.78, 5) is 48.4. The summed E-state index contributed by atoms with van der Waals surface area (Å²) < 4.78 is 10.7. The average molecular weight is 538 g/mol. The summed E-state index contributed by atoms with van der Waals surface area (Å²) in [6.07, 6.45) is -0.393. The molecule has 2 aliphatic carbocycles. The van der Waals surface area contributed by atoms with Crippen LogP contribution in [0.4, 0.5) is 9.59 Å². The van der Waals surface area contributed by atoms with Crippen LogP contribution in [0, 0.1) is 0 Å². The van der Waals surface area contributed by atoms with E-state index in [0.29, 0.717) is 12.8 Å². The maximum atomic E-state index is 12.5. The van der Waals surface area contributed by atoms with E-state index in [2.05, 4.69) is 16.0 Å². The van der Waals surface area contributed by atoms with Crippen LogP contribution < -0.4 is 16.0 Å². The van der Waals surface area contributed by atoms with Gasteiger partial charge in [-0.15, -0.1) is 0 Å². The molecular formula is C29H35N3O7. The van der Waals surface area contributed by atoms with Gasteiger partial charge in [0.15, 0.2) is 0 Å². The van der Waals surface area contributed by atoms with Gasteiger partial charge in [-0.05, 0) is 62.3 Å². The first kappa shape index (κ1) is 27.9. The zero-order valence-electron chi connectivity index (χ0n) is 22.4. The molecule has 0 radical (unpaired) electrons. The Bertz CT molecular complexity index is 1190. The van der Waals surface area contributed by atoms with Gasteiger partial charge in [0.1, 0.15) is 18.2 Å². The van der Waals surface area contributed by atoms with Crippen molar-refractivity contribution in [1.82, 2.24) is 16.0 Å². The highest BCUT2D eigenvalue weighted by Gasteiger charge is 2.33. The van der Waals surface area contributed by atoms with Gasteiger partial charge in [-0.1, -0.05) is 48.5 Å².